The van der Waals surface area contributed by atoms with Crippen molar-refractivity contribution in [3.8, 4) is 0 Å². The Morgan fingerprint density at radius 2 is 1.96 bits per heavy atom. The molecule has 1 saturated heterocycles. The van der Waals surface area contributed by atoms with Gasteiger partial charge in [-0.3, -0.25) is 4.79 Å². The fourth-order valence-electron chi connectivity index (χ4n) is 2.69. The highest BCUT2D eigenvalue weighted by Gasteiger charge is 2.18. The van der Waals surface area contributed by atoms with Gasteiger partial charge in [-0.15, -0.1) is 0 Å². The topological polar surface area (TPSA) is 70.6 Å². The van der Waals surface area contributed by atoms with E-state index in [1.165, 1.54) is 0 Å². The van der Waals surface area contributed by atoms with Crippen LogP contribution in [0.15, 0.2) is 30.5 Å². The lowest BCUT2D eigenvalue weighted by molar-refractivity contribution is -0.115. The van der Waals surface area contributed by atoms with E-state index in [0.717, 1.165) is 18.7 Å². The molecule has 0 bridgehead atoms. The van der Waals surface area contributed by atoms with Crippen LogP contribution in [-0.2, 0) is 16.0 Å². The summed E-state index contributed by atoms with van der Waals surface area (Å²) in [6.07, 6.45) is 1.92. The first-order valence-electron chi connectivity index (χ1n) is 8.44. The average Bonchev–Trinajstić information content (AvgIpc) is 2.64. The Kier molecular flexibility index (Phi) is 5.90. The summed E-state index contributed by atoms with van der Waals surface area (Å²) in [5.74, 6) is 1.19. The number of amides is 1. The van der Waals surface area contributed by atoms with E-state index in [-0.39, 0.29) is 12.3 Å². The first-order valence-corrected chi connectivity index (χ1v) is 8.82. The summed E-state index contributed by atoms with van der Waals surface area (Å²) in [7, 11) is 3.78. The number of hydrogen-bond acceptors (Lipinski definition) is 6. The lowest BCUT2D eigenvalue weighted by Gasteiger charge is -2.28. The molecule has 0 spiro atoms. The summed E-state index contributed by atoms with van der Waals surface area (Å²) in [6.45, 7) is 2.85. The molecule has 1 aromatic carbocycles. The smallest absolute Gasteiger partial charge is 0.228 e. The molecule has 7 nitrogen and oxygen atoms in total. The van der Waals surface area contributed by atoms with Gasteiger partial charge in [0.15, 0.2) is 5.82 Å². The minimum atomic E-state index is -0.127. The van der Waals surface area contributed by atoms with Crippen LogP contribution in [0.25, 0.3) is 0 Å². The van der Waals surface area contributed by atoms with E-state index < -0.39 is 0 Å². The van der Waals surface area contributed by atoms with E-state index in [2.05, 4.69) is 20.2 Å². The van der Waals surface area contributed by atoms with E-state index in [4.69, 9.17) is 16.3 Å². The van der Waals surface area contributed by atoms with Gasteiger partial charge >= 0.3 is 0 Å². The molecule has 0 saturated carbocycles. The Hall–Kier alpha value is -2.38. The number of anilines is 3. The van der Waals surface area contributed by atoms with Crippen LogP contribution in [0.1, 0.15) is 5.56 Å². The number of carbonyl (C=O) groups is 1. The summed E-state index contributed by atoms with van der Waals surface area (Å²) in [5.41, 5.74) is 1.48. The molecular formula is C18H22ClN5O2. The Bertz CT molecular complexity index is 761. The number of ether oxygens (including phenoxy) is 1. The highest BCUT2D eigenvalue weighted by Crippen LogP contribution is 2.24. The number of morpholine rings is 1. The average molecular weight is 376 g/mol. The zero-order chi connectivity index (χ0) is 18.5. The first kappa shape index (κ1) is 18.4. The van der Waals surface area contributed by atoms with Crippen LogP contribution in [0.2, 0.25) is 5.02 Å². The van der Waals surface area contributed by atoms with Gasteiger partial charge in [0, 0.05) is 32.2 Å². The second-order valence-corrected chi connectivity index (χ2v) is 6.69. The lowest BCUT2D eigenvalue weighted by Crippen LogP contribution is -2.37. The van der Waals surface area contributed by atoms with Crippen molar-refractivity contribution < 1.29 is 9.53 Å². The summed E-state index contributed by atoms with van der Waals surface area (Å²) in [4.78, 5) is 25.4. The van der Waals surface area contributed by atoms with Crippen LogP contribution in [0.3, 0.4) is 0 Å². The number of nitrogens with zero attached hydrogens (tertiary/aromatic N) is 4. The van der Waals surface area contributed by atoms with E-state index in [1.807, 2.05) is 31.1 Å². The summed E-state index contributed by atoms with van der Waals surface area (Å²) in [5, 5.41) is 3.55. The molecule has 1 aliphatic rings. The van der Waals surface area contributed by atoms with Crippen LogP contribution in [0.4, 0.5) is 17.5 Å². The Morgan fingerprint density at radius 1 is 1.27 bits per heavy atom. The highest BCUT2D eigenvalue weighted by atomic mass is 35.5. The van der Waals surface area contributed by atoms with E-state index in [0.29, 0.717) is 35.7 Å². The van der Waals surface area contributed by atoms with E-state index in [1.54, 1.807) is 18.3 Å². The molecule has 0 unspecified atom stereocenters. The molecule has 1 N–H and O–H groups in total. The third-order valence-corrected chi connectivity index (χ3v) is 4.28. The molecule has 2 aromatic rings. The number of halogens is 1. The highest BCUT2D eigenvalue weighted by molar-refractivity contribution is 6.30. The molecule has 1 aromatic heterocycles. The molecule has 0 atom stereocenters. The van der Waals surface area contributed by atoms with Crippen molar-refractivity contribution in [1.82, 2.24) is 9.97 Å². The molecule has 3 rings (SSSR count). The largest absolute Gasteiger partial charge is 0.378 e. The molecule has 138 valence electrons. The third kappa shape index (κ3) is 4.62. The van der Waals surface area contributed by atoms with Crippen LogP contribution >= 0.6 is 11.6 Å². The van der Waals surface area contributed by atoms with Gasteiger partial charge in [0.05, 0.1) is 25.8 Å². The van der Waals surface area contributed by atoms with Gasteiger partial charge in [-0.1, -0.05) is 23.7 Å². The van der Waals surface area contributed by atoms with E-state index >= 15 is 0 Å². The molecule has 1 aliphatic heterocycles. The van der Waals surface area contributed by atoms with Crippen LogP contribution in [-0.4, -0.2) is 56.3 Å². The van der Waals surface area contributed by atoms with Gasteiger partial charge in [-0.2, -0.15) is 4.98 Å². The number of rotatable bonds is 5. The van der Waals surface area contributed by atoms with Gasteiger partial charge in [0.1, 0.15) is 5.69 Å². The van der Waals surface area contributed by atoms with Gasteiger partial charge in [-0.25, -0.2) is 4.98 Å². The standard InChI is InChI=1S/C18H22ClN5O2/c1-23(2)17-15(12-20-18(22-17)24-7-9-26-10-8-24)21-16(25)11-13-3-5-14(19)6-4-13/h3-6,12H,7-11H2,1-2H3,(H,21,25). The minimum absolute atomic E-state index is 0.127. The number of aromatic nitrogens is 2. The third-order valence-electron chi connectivity index (χ3n) is 4.03. The molecule has 1 fully saturated rings. The maximum absolute atomic E-state index is 12.4. The second kappa shape index (κ2) is 8.33. The van der Waals surface area contributed by atoms with Crippen molar-refractivity contribution >= 4 is 35.0 Å². The molecular weight excluding hydrogens is 354 g/mol. The van der Waals surface area contributed by atoms with Crippen molar-refractivity contribution in [1.29, 1.82) is 0 Å². The number of carbonyl (C=O) groups excluding carboxylic acids is 1. The Balaban J connectivity index is 1.73. The monoisotopic (exact) mass is 375 g/mol. The van der Waals surface area contributed by atoms with Gasteiger partial charge in [-0.05, 0) is 17.7 Å². The van der Waals surface area contributed by atoms with Gasteiger partial charge in [0.2, 0.25) is 11.9 Å². The fraction of sp³-hybridized carbons (Fsp3) is 0.389. The zero-order valence-electron chi connectivity index (χ0n) is 14.9. The first-order chi connectivity index (χ1) is 12.5. The van der Waals surface area contributed by atoms with Crippen molar-refractivity contribution in [2.45, 2.75) is 6.42 Å². The molecule has 2 heterocycles. The SMILES string of the molecule is CN(C)c1nc(N2CCOCC2)ncc1NC(=O)Cc1ccc(Cl)cc1. The molecule has 0 aliphatic carbocycles. The fourth-order valence-corrected chi connectivity index (χ4v) is 2.82. The molecule has 26 heavy (non-hydrogen) atoms. The van der Waals surface area contributed by atoms with Crippen molar-refractivity contribution in [3.05, 3.63) is 41.0 Å². The van der Waals surface area contributed by atoms with E-state index in [9.17, 15) is 4.79 Å². The quantitative estimate of drug-likeness (QED) is 0.864. The number of nitrogens with one attached hydrogen (secondary N) is 1. The van der Waals surface area contributed by atoms with Crippen LogP contribution in [0.5, 0.6) is 0 Å². The maximum atomic E-state index is 12.4. The van der Waals surface area contributed by atoms with Gasteiger partial charge < -0.3 is 19.9 Å². The number of benzene rings is 1. The summed E-state index contributed by atoms with van der Waals surface area (Å²) >= 11 is 5.88. The van der Waals surface area contributed by atoms with Crippen molar-refractivity contribution in [3.63, 3.8) is 0 Å². The van der Waals surface area contributed by atoms with Crippen LogP contribution in [0, 0.1) is 0 Å². The summed E-state index contributed by atoms with van der Waals surface area (Å²) < 4.78 is 5.37. The Morgan fingerprint density at radius 3 is 2.62 bits per heavy atom. The van der Waals surface area contributed by atoms with Crippen molar-refractivity contribution in [2.75, 3.05) is 55.5 Å². The number of hydrogen-bond donors (Lipinski definition) is 1. The zero-order valence-corrected chi connectivity index (χ0v) is 15.7. The molecule has 0 radical (unpaired) electrons. The molecule has 1 amide bonds. The lowest BCUT2D eigenvalue weighted by atomic mass is 10.1. The maximum Gasteiger partial charge on any atom is 0.228 e. The second-order valence-electron chi connectivity index (χ2n) is 6.25. The molecule has 8 heteroatoms. The Labute approximate surface area is 157 Å². The predicted octanol–water partition coefficient (Wildman–Crippen LogP) is 2.21. The predicted molar refractivity (Wildman–Crippen MR) is 103 cm³/mol. The van der Waals surface area contributed by atoms with Gasteiger partial charge in [0.25, 0.3) is 0 Å². The van der Waals surface area contributed by atoms with Crippen LogP contribution < -0.4 is 15.1 Å². The van der Waals surface area contributed by atoms with Crippen molar-refractivity contribution in [2.24, 2.45) is 0 Å². The summed E-state index contributed by atoms with van der Waals surface area (Å²) in [6, 6.07) is 7.23. The minimum Gasteiger partial charge on any atom is -0.378 e. The normalized spacial score (nSPS) is 14.2.